The Bertz CT molecular complexity index is 1030. The monoisotopic (exact) mass is 374 g/mol. The highest BCUT2D eigenvalue weighted by Crippen LogP contribution is 2.26. The van der Waals surface area contributed by atoms with Gasteiger partial charge in [-0.05, 0) is 41.8 Å². The summed E-state index contributed by atoms with van der Waals surface area (Å²) in [7, 11) is 0. The van der Waals surface area contributed by atoms with Gasteiger partial charge in [0.1, 0.15) is 0 Å². The molecule has 3 aromatic rings. The zero-order chi connectivity index (χ0) is 18.1. The average molecular weight is 375 g/mol. The van der Waals surface area contributed by atoms with Crippen molar-refractivity contribution in [3.8, 4) is 0 Å². The maximum absolute atomic E-state index is 12.4. The van der Waals surface area contributed by atoms with E-state index in [1.165, 1.54) is 6.07 Å². The normalized spacial score (nSPS) is 11.1. The van der Waals surface area contributed by atoms with Gasteiger partial charge in [-0.1, -0.05) is 43.1 Å². The quantitative estimate of drug-likeness (QED) is 0.660. The van der Waals surface area contributed by atoms with E-state index in [1.807, 2.05) is 19.9 Å². The Balaban J connectivity index is 1.97. The van der Waals surface area contributed by atoms with Gasteiger partial charge in [-0.2, -0.15) is 0 Å². The lowest BCUT2D eigenvalue weighted by molar-refractivity contribution is 0.102. The number of hydrogen-bond donors (Lipinski definition) is 2. The number of rotatable bonds is 3. The first-order chi connectivity index (χ1) is 11.8. The first-order valence-electron chi connectivity index (χ1n) is 7.78. The molecule has 0 bridgehead atoms. The number of anilines is 1. The number of H-pyrrole nitrogens is 1. The van der Waals surface area contributed by atoms with Crippen LogP contribution in [0.2, 0.25) is 10.0 Å². The highest BCUT2D eigenvalue weighted by atomic mass is 35.5. The fourth-order valence-electron chi connectivity index (χ4n) is 2.71. The summed E-state index contributed by atoms with van der Waals surface area (Å²) in [6.07, 6.45) is 0. The Morgan fingerprint density at radius 2 is 1.84 bits per heavy atom. The molecule has 25 heavy (non-hydrogen) atoms. The maximum atomic E-state index is 12.4. The van der Waals surface area contributed by atoms with Crippen LogP contribution in [0.25, 0.3) is 10.9 Å². The molecule has 1 aromatic heterocycles. The number of nitrogens with one attached hydrogen (secondary N) is 2. The summed E-state index contributed by atoms with van der Waals surface area (Å²) in [5.41, 5.74) is 2.38. The molecule has 0 spiro atoms. The summed E-state index contributed by atoms with van der Waals surface area (Å²) in [6.45, 7) is 4.07. The third-order valence-electron chi connectivity index (χ3n) is 3.93. The summed E-state index contributed by atoms with van der Waals surface area (Å²) in [5, 5.41) is 4.49. The third kappa shape index (κ3) is 3.70. The van der Waals surface area contributed by atoms with Crippen LogP contribution in [-0.2, 0) is 0 Å². The van der Waals surface area contributed by atoms with Gasteiger partial charge in [0.05, 0.1) is 16.1 Å². The number of aromatic amines is 1. The molecule has 0 unspecified atom stereocenters. The smallest absolute Gasteiger partial charge is 0.257 e. The van der Waals surface area contributed by atoms with Crippen LogP contribution in [0.15, 0.2) is 47.3 Å². The van der Waals surface area contributed by atoms with Gasteiger partial charge in [-0.3, -0.25) is 9.59 Å². The van der Waals surface area contributed by atoms with Crippen LogP contribution < -0.4 is 10.9 Å². The van der Waals surface area contributed by atoms with Crippen molar-refractivity contribution in [2.75, 3.05) is 5.32 Å². The number of amides is 1. The average Bonchev–Trinajstić information content (AvgIpc) is 2.53. The predicted octanol–water partition coefficient (Wildman–Crippen LogP) is 5.21. The Kier molecular flexibility index (Phi) is 4.84. The fraction of sp³-hybridized carbons (Fsp3) is 0.158. The molecule has 0 aliphatic carbocycles. The zero-order valence-corrected chi connectivity index (χ0v) is 15.2. The van der Waals surface area contributed by atoms with Crippen LogP contribution in [-0.4, -0.2) is 10.9 Å². The lowest BCUT2D eigenvalue weighted by atomic mass is 9.99. The second-order valence-electron chi connectivity index (χ2n) is 6.08. The molecule has 0 saturated heterocycles. The molecule has 128 valence electrons. The molecular weight excluding hydrogens is 359 g/mol. The largest absolute Gasteiger partial charge is 0.322 e. The Morgan fingerprint density at radius 1 is 1.08 bits per heavy atom. The van der Waals surface area contributed by atoms with Gasteiger partial charge in [0, 0.05) is 22.2 Å². The highest BCUT2D eigenvalue weighted by Gasteiger charge is 2.12. The van der Waals surface area contributed by atoms with E-state index in [0.29, 0.717) is 21.8 Å². The number of benzene rings is 2. The predicted molar refractivity (Wildman–Crippen MR) is 103 cm³/mol. The number of fused-ring (bicyclic) bond motifs is 1. The highest BCUT2D eigenvalue weighted by molar-refractivity contribution is 6.37. The first-order valence-corrected chi connectivity index (χ1v) is 8.54. The minimum Gasteiger partial charge on any atom is -0.322 e. The summed E-state index contributed by atoms with van der Waals surface area (Å²) in [5.74, 6) is -0.124. The lowest BCUT2D eigenvalue weighted by Crippen LogP contribution is -2.13. The Labute approximate surface area is 154 Å². The van der Waals surface area contributed by atoms with Crippen molar-refractivity contribution in [1.82, 2.24) is 4.98 Å². The molecule has 0 saturated carbocycles. The van der Waals surface area contributed by atoms with Gasteiger partial charge >= 0.3 is 0 Å². The Morgan fingerprint density at radius 3 is 2.52 bits per heavy atom. The van der Waals surface area contributed by atoms with Crippen LogP contribution in [0.1, 0.15) is 35.7 Å². The van der Waals surface area contributed by atoms with Crippen molar-refractivity contribution in [3.05, 3.63) is 74.0 Å². The van der Waals surface area contributed by atoms with Crippen LogP contribution in [0, 0.1) is 0 Å². The number of hydrogen-bond acceptors (Lipinski definition) is 2. The van der Waals surface area contributed by atoms with E-state index in [-0.39, 0.29) is 22.4 Å². The SMILES string of the molecule is CC(C)c1cc(=O)[nH]c2cc(NC(=O)c3ccc(Cl)cc3Cl)ccc12. The van der Waals surface area contributed by atoms with E-state index in [9.17, 15) is 9.59 Å². The zero-order valence-electron chi connectivity index (χ0n) is 13.7. The molecule has 0 atom stereocenters. The van der Waals surface area contributed by atoms with E-state index in [4.69, 9.17) is 23.2 Å². The number of carbonyl (C=O) groups is 1. The van der Waals surface area contributed by atoms with E-state index < -0.39 is 0 Å². The third-order valence-corrected chi connectivity index (χ3v) is 4.48. The van der Waals surface area contributed by atoms with E-state index in [1.54, 1.807) is 30.3 Å². The molecular formula is C19H16Cl2N2O2. The molecule has 1 amide bonds. The summed E-state index contributed by atoms with van der Waals surface area (Å²) in [6, 6.07) is 11.7. The van der Waals surface area contributed by atoms with Crippen LogP contribution in [0.4, 0.5) is 5.69 Å². The van der Waals surface area contributed by atoms with Crippen molar-refractivity contribution in [2.45, 2.75) is 19.8 Å². The van der Waals surface area contributed by atoms with Gasteiger partial charge in [0.25, 0.3) is 5.91 Å². The molecule has 0 fully saturated rings. The van der Waals surface area contributed by atoms with Gasteiger partial charge in [-0.15, -0.1) is 0 Å². The summed E-state index contributed by atoms with van der Waals surface area (Å²) in [4.78, 5) is 27.1. The molecule has 4 nitrogen and oxygen atoms in total. The molecule has 0 radical (unpaired) electrons. The fourth-order valence-corrected chi connectivity index (χ4v) is 3.21. The first kappa shape index (κ1) is 17.5. The van der Waals surface area contributed by atoms with Crippen molar-refractivity contribution < 1.29 is 4.79 Å². The molecule has 6 heteroatoms. The van der Waals surface area contributed by atoms with Crippen molar-refractivity contribution >= 4 is 45.7 Å². The van der Waals surface area contributed by atoms with Gasteiger partial charge in [0.15, 0.2) is 0 Å². The van der Waals surface area contributed by atoms with Gasteiger partial charge in [0.2, 0.25) is 5.56 Å². The minimum atomic E-state index is -0.344. The van der Waals surface area contributed by atoms with Crippen molar-refractivity contribution in [2.24, 2.45) is 0 Å². The van der Waals surface area contributed by atoms with Crippen LogP contribution in [0.3, 0.4) is 0 Å². The summed E-state index contributed by atoms with van der Waals surface area (Å²) >= 11 is 11.9. The molecule has 0 aliphatic heterocycles. The van der Waals surface area contributed by atoms with E-state index in [2.05, 4.69) is 10.3 Å². The number of pyridine rings is 1. The van der Waals surface area contributed by atoms with Crippen molar-refractivity contribution in [1.29, 1.82) is 0 Å². The van der Waals surface area contributed by atoms with Gasteiger partial charge in [-0.25, -0.2) is 0 Å². The topological polar surface area (TPSA) is 62.0 Å². The standard InChI is InChI=1S/C19H16Cl2N2O2/c1-10(2)15-9-18(24)23-17-8-12(4-6-13(15)17)22-19(25)14-5-3-11(20)7-16(14)21/h3-10H,1-2H3,(H,22,25)(H,23,24). The van der Waals surface area contributed by atoms with Crippen molar-refractivity contribution in [3.63, 3.8) is 0 Å². The molecule has 3 rings (SSSR count). The van der Waals surface area contributed by atoms with E-state index >= 15 is 0 Å². The molecule has 1 heterocycles. The summed E-state index contributed by atoms with van der Waals surface area (Å²) < 4.78 is 0. The van der Waals surface area contributed by atoms with Crippen LogP contribution in [0.5, 0.6) is 0 Å². The second-order valence-corrected chi connectivity index (χ2v) is 6.93. The molecule has 0 aliphatic rings. The number of carbonyl (C=O) groups excluding carboxylic acids is 1. The van der Waals surface area contributed by atoms with E-state index in [0.717, 1.165) is 10.9 Å². The second kappa shape index (κ2) is 6.90. The Hall–Kier alpha value is -2.30. The molecule has 2 N–H and O–H groups in total. The molecule has 2 aromatic carbocycles. The number of halogens is 2. The number of aromatic nitrogens is 1. The van der Waals surface area contributed by atoms with Gasteiger partial charge < -0.3 is 10.3 Å². The van der Waals surface area contributed by atoms with Crippen LogP contribution >= 0.6 is 23.2 Å². The minimum absolute atomic E-state index is 0.166. The lowest BCUT2D eigenvalue weighted by Gasteiger charge is -2.12. The maximum Gasteiger partial charge on any atom is 0.257 e.